The molecule has 3 aromatic carbocycles. The van der Waals surface area contributed by atoms with Crippen molar-refractivity contribution in [3.8, 4) is 10.6 Å². The number of carbonyl (C=O) groups excluding carboxylic acids is 3. The van der Waals surface area contributed by atoms with Gasteiger partial charge in [-0.3, -0.25) is 14.4 Å². The predicted octanol–water partition coefficient (Wildman–Crippen LogP) is 4.60. The molecule has 41 heavy (non-hydrogen) atoms. The van der Waals surface area contributed by atoms with Crippen molar-refractivity contribution in [3.63, 3.8) is 0 Å². The molecule has 0 aliphatic carbocycles. The van der Waals surface area contributed by atoms with Crippen molar-refractivity contribution < 1.29 is 22.8 Å². The van der Waals surface area contributed by atoms with Gasteiger partial charge in [-0.2, -0.15) is 0 Å². The number of hydrogen-bond donors (Lipinski definition) is 3. The topological polar surface area (TPSA) is 134 Å². The van der Waals surface area contributed by atoms with Gasteiger partial charge in [-0.05, 0) is 55.2 Å². The van der Waals surface area contributed by atoms with E-state index in [0.29, 0.717) is 6.54 Å². The van der Waals surface area contributed by atoms with Gasteiger partial charge in [0.1, 0.15) is 5.01 Å². The minimum atomic E-state index is -3.94. The lowest BCUT2D eigenvalue weighted by Crippen LogP contribution is -2.22. The number of unbranched alkanes of at least 4 members (excludes halogenated alkanes) is 1. The smallest absolute Gasteiger partial charge is 0.257 e. The molecule has 11 heteroatoms. The van der Waals surface area contributed by atoms with E-state index in [1.165, 1.54) is 54.2 Å². The lowest BCUT2D eigenvalue weighted by Gasteiger charge is -2.10. The highest BCUT2D eigenvalue weighted by molar-refractivity contribution is 7.91. The van der Waals surface area contributed by atoms with Crippen molar-refractivity contribution in [1.82, 2.24) is 15.6 Å². The number of aromatic nitrogens is 1. The molecule has 5 rings (SSSR count). The van der Waals surface area contributed by atoms with Crippen LogP contribution >= 0.6 is 11.3 Å². The van der Waals surface area contributed by atoms with Crippen molar-refractivity contribution in [1.29, 1.82) is 0 Å². The highest BCUT2D eigenvalue weighted by Gasteiger charge is 2.31. The number of aryl methyl sites for hydroxylation is 1. The monoisotopic (exact) mass is 588 g/mol. The summed E-state index contributed by atoms with van der Waals surface area (Å²) >= 11 is 1.47. The first-order valence-electron chi connectivity index (χ1n) is 13.1. The van der Waals surface area contributed by atoms with Gasteiger partial charge in [0.2, 0.25) is 15.7 Å². The lowest BCUT2D eigenvalue weighted by atomic mass is 10.1. The van der Waals surface area contributed by atoms with E-state index in [0.717, 1.165) is 34.7 Å². The van der Waals surface area contributed by atoms with Gasteiger partial charge >= 0.3 is 0 Å². The first-order valence-corrected chi connectivity index (χ1v) is 15.4. The van der Waals surface area contributed by atoms with E-state index in [2.05, 4.69) is 33.1 Å². The maximum atomic E-state index is 13.2. The van der Waals surface area contributed by atoms with Gasteiger partial charge in [0.25, 0.3) is 11.8 Å². The zero-order valence-corrected chi connectivity index (χ0v) is 23.9. The summed E-state index contributed by atoms with van der Waals surface area (Å²) < 4.78 is 26.3. The van der Waals surface area contributed by atoms with Crippen LogP contribution < -0.4 is 16.0 Å². The Bertz CT molecular complexity index is 1730. The van der Waals surface area contributed by atoms with Gasteiger partial charge in [-0.25, -0.2) is 13.4 Å². The van der Waals surface area contributed by atoms with Gasteiger partial charge in [0.05, 0.1) is 27.6 Å². The quantitative estimate of drug-likeness (QED) is 0.245. The van der Waals surface area contributed by atoms with Crippen LogP contribution in [-0.4, -0.2) is 37.7 Å². The molecule has 9 nitrogen and oxygen atoms in total. The number of amides is 3. The van der Waals surface area contributed by atoms with Crippen LogP contribution in [0.1, 0.15) is 50.9 Å². The number of nitrogens with one attached hydrogen (secondary N) is 3. The third-order valence-corrected chi connectivity index (χ3v) is 9.56. The van der Waals surface area contributed by atoms with E-state index in [1.54, 1.807) is 18.3 Å². The summed E-state index contributed by atoms with van der Waals surface area (Å²) in [6, 6.07) is 18.4. The molecule has 0 saturated carbocycles. The molecule has 0 fully saturated rings. The van der Waals surface area contributed by atoms with Gasteiger partial charge in [0, 0.05) is 35.7 Å². The number of carbonyl (C=O) groups is 3. The van der Waals surface area contributed by atoms with Crippen LogP contribution in [0.4, 0.5) is 5.69 Å². The Hall–Kier alpha value is -4.35. The Morgan fingerprint density at radius 3 is 2.51 bits per heavy atom. The number of benzene rings is 3. The molecule has 1 aliphatic rings. The average Bonchev–Trinajstić information content (AvgIpc) is 3.42. The Morgan fingerprint density at radius 1 is 0.951 bits per heavy atom. The largest absolute Gasteiger partial charge is 0.356 e. The molecular formula is C30H28N4O5S2. The molecule has 0 radical (unpaired) electrons. The minimum Gasteiger partial charge on any atom is -0.356 e. The summed E-state index contributed by atoms with van der Waals surface area (Å²) in [5.41, 5.74) is 2.55. The molecule has 3 amide bonds. The van der Waals surface area contributed by atoms with E-state index in [4.69, 9.17) is 0 Å². The number of rotatable bonds is 9. The van der Waals surface area contributed by atoms with Crippen molar-refractivity contribution in [2.24, 2.45) is 0 Å². The van der Waals surface area contributed by atoms with Gasteiger partial charge < -0.3 is 16.0 Å². The molecule has 1 aromatic heterocycles. The zero-order chi connectivity index (χ0) is 29.0. The zero-order valence-electron chi connectivity index (χ0n) is 22.3. The Morgan fingerprint density at radius 2 is 1.73 bits per heavy atom. The Balaban J connectivity index is 1.20. The van der Waals surface area contributed by atoms with E-state index >= 15 is 0 Å². The highest BCUT2D eigenvalue weighted by Crippen LogP contribution is 2.34. The van der Waals surface area contributed by atoms with Crippen LogP contribution in [-0.2, 0) is 27.6 Å². The summed E-state index contributed by atoms with van der Waals surface area (Å²) in [7, 11) is -3.94. The average molecular weight is 589 g/mol. The van der Waals surface area contributed by atoms with E-state index < -0.39 is 21.7 Å². The molecule has 2 heterocycles. The van der Waals surface area contributed by atoms with Crippen LogP contribution in [0.25, 0.3) is 10.6 Å². The number of nitrogens with zero attached hydrogens (tertiary/aromatic N) is 1. The standard InChI is InChI=1S/C30H28N4O5S2/c1-19(35)31-15-5-4-6-20-9-11-21(12-10-20)30-33-18-23(40-30)17-32-28(36)22-13-14-27-25(16-22)34-29(37)24-7-2-3-8-26(24)41(27,38)39/h2-3,7-14,16,18H,4-6,15,17H2,1H3,(H,31,35)(H,32,36)(H,34,37). The van der Waals surface area contributed by atoms with Gasteiger partial charge in [-0.1, -0.05) is 36.4 Å². The molecule has 0 saturated heterocycles. The minimum absolute atomic E-state index is 0.00928. The summed E-state index contributed by atoms with van der Waals surface area (Å²) in [5, 5.41) is 9.11. The SMILES string of the molecule is CC(=O)NCCCCc1ccc(-c2ncc(CNC(=O)c3ccc4c(c3)NC(=O)c3ccccc3S4(=O)=O)s2)cc1. The van der Waals surface area contributed by atoms with Crippen LogP contribution in [0.3, 0.4) is 0 Å². The van der Waals surface area contributed by atoms with Crippen molar-refractivity contribution in [2.75, 3.05) is 11.9 Å². The van der Waals surface area contributed by atoms with Crippen molar-refractivity contribution in [2.45, 2.75) is 42.5 Å². The number of hydrogen-bond acceptors (Lipinski definition) is 7. The highest BCUT2D eigenvalue weighted by atomic mass is 32.2. The fourth-order valence-electron chi connectivity index (χ4n) is 4.52. The first kappa shape index (κ1) is 28.2. The third kappa shape index (κ3) is 6.36. The first-order chi connectivity index (χ1) is 19.7. The molecular weight excluding hydrogens is 560 g/mol. The second-order valence-corrected chi connectivity index (χ2v) is 12.6. The van der Waals surface area contributed by atoms with Gasteiger partial charge in [-0.15, -0.1) is 11.3 Å². The number of anilines is 1. The van der Waals surface area contributed by atoms with Crippen LogP contribution in [0.5, 0.6) is 0 Å². The third-order valence-electron chi connectivity index (χ3n) is 6.64. The second-order valence-electron chi connectivity index (χ2n) is 9.62. The van der Waals surface area contributed by atoms with E-state index in [-0.39, 0.29) is 39.1 Å². The summed E-state index contributed by atoms with van der Waals surface area (Å²) in [5.74, 6) is -0.961. The number of sulfone groups is 1. The predicted molar refractivity (Wildman–Crippen MR) is 157 cm³/mol. The van der Waals surface area contributed by atoms with Crippen LogP contribution in [0.2, 0.25) is 0 Å². The van der Waals surface area contributed by atoms with Crippen LogP contribution in [0.15, 0.2) is 82.7 Å². The second kappa shape index (κ2) is 12.0. The summed E-state index contributed by atoms with van der Waals surface area (Å²) in [4.78, 5) is 41.8. The summed E-state index contributed by atoms with van der Waals surface area (Å²) in [6.45, 7) is 2.45. The Labute approximate surface area is 242 Å². The summed E-state index contributed by atoms with van der Waals surface area (Å²) in [6.07, 6.45) is 4.56. The fraction of sp³-hybridized carbons (Fsp3) is 0.200. The number of fused-ring (bicyclic) bond motifs is 2. The van der Waals surface area contributed by atoms with E-state index in [9.17, 15) is 22.8 Å². The van der Waals surface area contributed by atoms with Crippen LogP contribution in [0, 0.1) is 0 Å². The molecule has 0 unspecified atom stereocenters. The molecule has 4 aromatic rings. The number of thiazole rings is 1. The maximum absolute atomic E-state index is 13.2. The molecule has 3 N–H and O–H groups in total. The maximum Gasteiger partial charge on any atom is 0.257 e. The van der Waals surface area contributed by atoms with Crippen molar-refractivity contribution in [3.05, 3.63) is 94.5 Å². The fourth-order valence-corrected chi connectivity index (χ4v) is 6.97. The molecule has 0 atom stereocenters. The van der Waals surface area contributed by atoms with Crippen molar-refractivity contribution >= 4 is 44.6 Å². The lowest BCUT2D eigenvalue weighted by molar-refractivity contribution is -0.118. The molecule has 210 valence electrons. The normalized spacial score (nSPS) is 13.3. The molecule has 0 spiro atoms. The van der Waals surface area contributed by atoms with E-state index in [1.807, 2.05) is 12.1 Å². The molecule has 0 bridgehead atoms. The molecule has 1 aliphatic heterocycles. The Kier molecular flexibility index (Phi) is 8.27. The van der Waals surface area contributed by atoms with Gasteiger partial charge in [0.15, 0.2) is 0 Å².